The highest BCUT2D eigenvalue weighted by Crippen LogP contribution is 2.30. The van der Waals surface area contributed by atoms with Gasteiger partial charge in [0.25, 0.3) is 0 Å². The van der Waals surface area contributed by atoms with Crippen LogP contribution >= 0.6 is 11.8 Å². The van der Waals surface area contributed by atoms with Crippen molar-refractivity contribution in [3.8, 4) is 0 Å². The first kappa shape index (κ1) is 16.6. The Hall–Kier alpha value is 0.270. The lowest BCUT2D eigenvalue weighted by Gasteiger charge is -2.22. The second kappa shape index (κ2) is 10.1. The largest absolute Gasteiger partial charge is 0.378 e. The van der Waals surface area contributed by atoms with Crippen LogP contribution in [0.1, 0.15) is 71.1 Å². The van der Waals surface area contributed by atoms with Crippen LogP contribution in [0.15, 0.2) is 0 Å². The quantitative estimate of drug-likeness (QED) is 0.540. The summed E-state index contributed by atoms with van der Waals surface area (Å²) in [5, 5.41) is 0.750. The van der Waals surface area contributed by atoms with Crippen LogP contribution in [0.4, 0.5) is 0 Å². The Kier molecular flexibility index (Phi) is 8.38. The molecular formula is C17H32O2S. The van der Waals surface area contributed by atoms with Crippen molar-refractivity contribution in [1.29, 1.82) is 0 Å². The standard InChI is InChI=1S/C17H32O2S/c1-2-3-11-17(16-10-7-13-19-16)20-14-5-4-8-15-9-6-12-18-15/h15-17H,2-14H2,1H3. The van der Waals surface area contributed by atoms with E-state index in [1.807, 2.05) is 0 Å². The number of unbranched alkanes of at least 4 members (excludes halogenated alkanes) is 2. The summed E-state index contributed by atoms with van der Waals surface area (Å²) in [4.78, 5) is 0. The average molecular weight is 301 g/mol. The summed E-state index contributed by atoms with van der Waals surface area (Å²) in [6, 6.07) is 0. The molecule has 2 saturated heterocycles. The van der Waals surface area contributed by atoms with E-state index in [4.69, 9.17) is 9.47 Å². The fourth-order valence-electron chi connectivity index (χ4n) is 3.26. The lowest BCUT2D eigenvalue weighted by molar-refractivity contribution is 0.102. The van der Waals surface area contributed by atoms with Gasteiger partial charge in [0.15, 0.2) is 0 Å². The van der Waals surface area contributed by atoms with E-state index in [0.717, 1.165) is 18.5 Å². The van der Waals surface area contributed by atoms with Crippen LogP contribution < -0.4 is 0 Å². The molecule has 0 amide bonds. The maximum atomic E-state index is 5.91. The first-order valence-corrected chi connectivity index (χ1v) is 9.80. The van der Waals surface area contributed by atoms with E-state index in [2.05, 4.69) is 18.7 Å². The Balaban J connectivity index is 1.55. The molecule has 3 atom stereocenters. The average Bonchev–Trinajstić information content (AvgIpc) is 3.14. The molecule has 118 valence electrons. The normalized spacial score (nSPS) is 28.1. The van der Waals surface area contributed by atoms with E-state index in [0.29, 0.717) is 12.2 Å². The van der Waals surface area contributed by atoms with Crippen molar-refractivity contribution in [3.05, 3.63) is 0 Å². The van der Waals surface area contributed by atoms with Crippen molar-refractivity contribution >= 4 is 11.8 Å². The predicted molar refractivity (Wildman–Crippen MR) is 87.6 cm³/mol. The van der Waals surface area contributed by atoms with Gasteiger partial charge in [-0.15, -0.1) is 0 Å². The Morgan fingerprint density at radius 2 is 1.90 bits per heavy atom. The third kappa shape index (κ3) is 5.95. The molecule has 0 saturated carbocycles. The molecule has 2 aliphatic rings. The van der Waals surface area contributed by atoms with Gasteiger partial charge < -0.3 is 9.47 Å². The van der Waals surface area contributed by atoms with Gasteiger partial charge in [0.05, 0.1) is 12.2 Å². The molecule has 2 aliphatic heterocycles. The lowest BCUT2D eigenvalue weighted by atomic mass is 10.1. The summed E-state index contributed by atoms with van der Waals surface area (Å²) >= 11 is 2.18. The second-order valence-corrected chi connectivity index (χ2v) is 7.58. The molecule has 2 fully saturated rings. The van der Waals surface area contributed by atoms with E-state index in [1.54, 1.807) is 0 Å². The SMILES string of the molecule is CCCCC(SCCCCC1CCCO1)C1CCCO1. The third-order valence-corrected chi connectivity index (χ3v) is 5.99. The molecule has 2 rings (SSSR count). The van der Waals surface area contributed by atoms with E-state index in [9.17, 15) is 0 Å². The zero-order chi connectivity index (χ0) is 14.0. The summed E-state index contributed by atoms with van der Waals surface area (Å²) in [6.45, 7) is 4.28. The molecule has 3 heteroatoms. The second-order valence-electron chi connectivity index (χ2n) is 6.23. The van der Waals surface area contributed by atoms with Gasteiger partial charge in [-0.25, -0.2) is 0 Å². The molecule has 0 radical (unpaired) electrons. The number of ether oxygens (including phenoxy) is 2. The summed E-state index contributed by atoms with van der Waals surface area (Å²) in [7, 11) is 0. The fraction of sp³-hybridized carbons (Fsp3) is 1.00. The number of thioether (sulfide) groups is 1. The van der Waals surface area contributed by atoms with Gasteiger partial charge in [0.2, 0.25) is 0 Å². The third-order valence-electron chi connectivity index (χ3n) is 4.50. The van der Waals surface area contributed by atoms with Gasteiger partial charge >= 0.3 is 0 Å². The van der Waals surface area contributed by atoms with Crippen molar-refractivity contribution in [2.24, 2.45) is 0 Å². The van der Waals surface area contributed by atoms with Crippen molar-refractivity contribution in [1.82, 2.24) is 0 Å². The molecule has 0 bridgehead atoms. The predicted octanol–water partition coefficient (Wildman–Crippen LogP) is 4.81. The van der Waals surface area contributed by atoms with Gasteiger partial charge in [-0.3, -0.25) is 0 Å². The number of hydrogen-bond donors (Lipinski definition) is 0. The molecule has 0 aromatic rings. The van der Waals surface area contributed by atoms with Crippen LogP contribution in [0.5, 0.6) is 0 Å². The molecule has 2 heterocycles. The molecule has 0 aliphatic carbocycles. The number of hydrogen-bond acceptors (Lipinski definition) is 3. The van der Waals surface area contributed by atoms with E-state index in [-0.39, 0.29) is 0 Å². The molecule has 0 N–H and O–H groups in total. The molecular weight excluding hydrogens is 268 g/mol. The van der Waals surface area contributed by atoms with E-state index >= 15 is 0 Å². The van der Waals surface area contributed by atoms with E-state index < -0.39 is 0 Å². The zero-order valence-corrected chi connectivity index (χ0v) is 14.0. The van der Waals surface area contributed by atoms with Crippen LogP contribution in [0.25, 0.3) is 0 Å². The molecule has 0 aromatic carbocycles. The van der Waals surface area contributed by atoms with Crippen molar-refractivity contribution < 1.29 is 9.47 Å². The van der Waals surface area contributed by atoms with Gasteiger partial charge in [-0.2, -0.15) is 11.8 Å². The van der Waals surface area contributed by atoms with Crippen LogP contribution in [-0.2, 0) is 9.47 Å². The Morgan fingerprint density at radius 1 is 1.05 bits per heavy atom. The summed E-state index contributed by atoms with van der Waals surface area (Å²) in [5.74, 6) is 1.31. The van der Waals surface area contributed by atoms with Gasteiger partial charge in [0.1, 0.15) is 0 Å². The topological polar surface area (TPSA) is 18.5 Å². The first-order chi connectivity index (χ1) is 9.90. The van der Waals surface area contributed by atoms with Gasteiger partial charge in [-0.1, -0.05) is 26.2 Å². The molecule has 0 aromatic heterocycles. The van der Waals surface area contributed by atoms with E-state index in [1.165, 1.54) is 70.0 Å². The Labute approximate surface area is 129 Å². The smallest absolute Gasteiger partial charge is 0.0694 e. The van der Waals surface area contributed by atoms with Crippen LogP contribution in [-0.4, -0.2) is 36.4 Å². The highest BCUT2D eigenvalue weighted by atomic mass is 32.2. The highest BCUT2D eigenvalue weighted by molar-refractivity contribution is 7.99. The zero-order valence-electron chi connectivity index (χ0n) is 13.1. The molecule has 2 nitrogen and oxygen atoms in total. The van der Waals surface area contributed by atoms with Crippen LogP contribution in [0.2, 0.25) is 0 Å². The summed E-state index contributed by atoms with van der Waals surface area (Å²) < 4.78 is 11.6. The van der Waals surface area contributed by atoms with Gasteiger partial charge in [-0.05, 0) is 50.7 Å². The minimum Gasteiger partial charge on any atom is -0.378 e. The molecule has 20 heavy (non-hydrogen) atoms. The Morgan fingerprint density at radius 3 is 2.60 bits per heavy atom. The Bertz CT molecular complexity index is 235. The highest BCUT2D eigenvalue weighted by Gasteiger charge is 2.25. The van der Waals surface area contributed by atoms with Crippen molar-refractivity contribution in [3.63, 3.8) is 0 Å². The summed E-state index contributed by atoms with van der Waals surface area (Å²) in [5.41, 5.74) is 0. The minimum absolute atomic E-state index is 0.546. The van der Waals surface area contributed by atoms with Crippen LogP contribution in [0.3, 0.4) is 0 Å². The minimum atomic E-state index is 0.546. The van der Waals surface area contributed by atoms with Crippen molar-refractivity contribution in [2.75, 3.05) is 19.0 Å². The monoisotopic (exact) mass is 300 g/mol. The fourth-order valence-corrected chi connectivity index (χ4v) is 4.69. The van der Waals surface area contributed by atoms with Gasteiger partial charge in [0, 0.05) is 18.5 Å². The summed E-state index contributed by atoms with van der Waals surface area (Å²) in [6.07, 6.45) is 14.2. The first-order valence-electron chi connectivity index (χ1n) is 8.75. The maximum Gasteiger partial charge on any atom is 0.0694 e. The lowest BCUT2D eigenvalue weighted by Crippen LogP contribution is -2.22. The van der Waals surface area contributed by atoms with Crippen molar-refractivity contribution in [2.45, 2.75) is 88.6 Å². The molecule has 3 unspecified atom stereocenters. The molecule has 0 spiro atoms. The number of rotatable bonds is 10. The van der Waals surface area contributed by atoms with Crippen LogP contribution in [0, 0.1) is 0 Å². The maximum absolute atomic E-state index is 5.91.